The summed E-state index contributed by atoms with van der Waals surface area (Å²) in [6.45, 7) is 5.41. The quantitative estimate of drug-likeness (QED) is 0.720. The average Bonchev–Trinajstić information content (AvgIpc) is 2.62. The zero-order chi connectivity index (χ0) is 20.0. The van der Waals surface area contributed by atoms with Gasteiger partial charge in [0.05, 0.1) is 4.90 Å². The largest absolute Gasteiger partial charge is 0.484 e. The van der Waals surface area contributed by atoms with Crippen molar-refractivity contribution < 1.29 is 22.3 Å². The van der Waals surface area contributed by atoms with Crippen LogP contribution in [0.5, 0.6) is 5.75 Å². The Morgan fingerprint density at radius 2 is 1.85 bits per heavy atom. The number of halogens is 1. The van der Waals surface area contributed by atoms with Gasteiger partial charge in [-0.1, -0.05) is 6.92 Å². The van der Waals surface area contributed by atoms with E-state index in [1.165, 1.54) is 42.5 Å². The first-order chi connectivity index (χ1) is 12.7. The van der Waals surface area contributed by atoms with E-state index in [4.69, 9.17) is 4.74 Å². The second-order valence-electron chi connectivity index (χ2n) is 6.21. The fraction of sp³-hybridized carbons (Fsp3) is 0.316. The fourth-order valence-corrected chi connectivity index (χ4v) is 3.39. The summed E-state index contributed by atoms with van der Waals surface area (Å²) < 4.78 is 45.7. The molecule has 27 heavy (non-hydrogen) atoms. The third-order valence-electron chi connectivity index (χ3n) is 3.93. The molecule has 1 amide bonds. The predicted molar refractivity (Wildman–Crippen MR) is 102 cm³/mol. The zero-order valence-corrected chi connectivity index (χ0v) is 16.3. The van der Waals surface area contributed by atoms with Gasteiger partial charge in [-0.25, -0.2) is 12.8 Å². The molecule has 0 aliphatic rings. The Labute approximate surface area is 158 Å². The zero-order valence-electron chi connectivity index (χ0n) is 15.5. The minimum absolute atomic E-state index is 0.0423. The van der Waals surface area contributed by atoms with Crippen molar-refractivity contribution in [1.82, 2.24) is 5.32 Å². The van der Waals surface area contributed by atoms with E-state index in [0.717, 1.165) is 6.42 Å². The molecule has 6 nitrogen and oxygen atoms in total. The van der Waals surface area contributed by atoms with Crippen molar-refractivity contribution >= 4 is 21.6 Å². The molecule has 2 N–H and O–H groups in total. The number of carbonyl (C=O) groups excluding carboxylic acids is 1. The van der Waals surface area contributed by atoms with Crippen LogP contribution >= 0.6 is 0 Å². The van der Waals surface area contributed by atoms with Crippen LogP contribution in [-0.4, -0.2) is 27.0 Å². The number of anilines is 1. The molecule has 0 saturated heterocycles. The summed E-state index contributed by atoms with van der Waals surface area (Å²) in [6, 6.07) is 9.43. The molecule has 0 saturated carbocycles. The van der Waals surface area contributed by atoms with E-state index in [2.05, 4.69) is 10.0 Å². The number of carbonyl (C=O) groups is 1. The van der Waals surface area contributed by atoms with Gasteiger partial charge in [-0.2, -0.15) is 0 Å². The van der Waals surface area contributed by atoms with Crippen LogP contribution in [0.3, 0.4) is 0 Å². The van der Waals surface area contributed by atoms with E-state index in [1.54, 1.807) is 6.92 Å². The Morgan fingerprint density at radius 1 is 1.19 bits per heavy atom. The lowest BCUT2D eigenvalue weighted by Crippen LogP contribution is -2.35. The molecule has 2 aromatic carbocycles. The molecule has 0 heterocycles. The second kappa shape index (κ2) is 8.85. The maximum atomic E-state index is 12.9. The number of hydrogen-bond acceptors (Lipinski definition) is 4. The van der Waals surface area contributed by atoms with Crippen molar-refractivity contribution in [2.45, 2.75) is 38.1 Å². The highest BCUT2D eigenvalue weighted by Gasteiger charge is 2.16. The van der Waals surface area contributed by atoms with Crippen molar-refractivity contribution in [1.29, 1.82) is 0 Å². The molecule has 0 radical (unpaired) electrons. The number of amides is 1. The normalized spacial score (nSPS) is 12.3. The number of ether oxygens (including phenoxy) is 1. The maximum absolute atomic E-state index is 12.9. The second-order valence-corrected chi connectivity index (χ2v) is 7.89. The molecule has 0 aliphatic carbocycles. The number of sulfonamides is 1. The van der Waals surface area contributed by atoms with Crippen LogP contribution in [0.2, 0.25) is 0 Å². The number of aryl methyl sites for hydroxylation is 1. The highest BCUT2D eigenvalue weighted by molar-refractivity contribution is 7.92. The van der Waals surface area contributed by atoms with Gasteiger partial charge in [0.25, 0.3) is 15.9 Å². The smallest absolute Gasteiger partial charge is 0.261 e. The van der Waals surface area contributed by atoms with E-state index in [-0.39, 0.29) is 29.1 Å². The molecule has 2 aromatic rings. The van der Waals surface area contributed by atoms with Crippen LogP contribution in [0.15, 0.2) is 47.4 Å². The Balaban J connectivity index is 2.06. The molecule has 1 atom stereocenters. The molecule has 0 fully saturated rings. The van der Waals surface area contributed by atoms with E-state index < -0.39 is 15.8 Å². The van der Waals surface area contributed by atoms with E-state index in [1.807, 2.05) is 13.8 Å². The molecule has 146 valence electrons. The first kappa shape index (κ1) is 20.7. The van der Waals surface area contributed by atoms with Crippen LogP contribution in [0.25, 0.3) is 0 Å². The predicted octanol–water partition coefficient (Wildman–Crippen LogP) is 3.23. The third kappa shape index (κ3) is 5.96. The Morgan fingerprint density at radius 3 is 2.44 bits per heavy atom. The fourth-order valence-electron chi connectivity index (χ4n) is 2.24. The van der Waals surface area contributed by atoms with Crippen LogP contribution in [0.1, 0.15) is 25.8 Å². The summed E-state index contributed by atoms with van der Waals surface area (Å²) in [5.74, 6) is -0.263. The van der Waals surface area contributed by atoms with E-state index >= 15 is 0 Å². The SMILES string of the molecule is CC[C@@H](C)NC(=O)COc1ccc(S(=O)(=O)Nc2ccc(F)cc2)cc1C. The molecule has 8 heteroatoms. The lowest BCUT2D eigenvalue weighted by Gasteiger charge is -2.14. The molecule has 2 rings (SSSR count). The third-order valence-corrected chi connectivity index (χ3v) is 5.31. The Kier molecular flexibility index (Phi) is 6.79. The van der Waals surface area contributed by atoms with Gasteiger partial charge in [0.1, 0.15) is 11.6 Å². The first-order valence-corrected chi connectivity index (χ1v) is 10.0. The summed E-state index contributed by atoms with van der Waals surface area (Å²) in [6.07, 6.45) is 0.818. The van der Waals surface area contributed by atoms with Gasteiger partial charge in [-0.05, 0) is 68.3 Å². The first-order valence-electron chi connectivity index (χ1n) is 8.52. The van der Waals surface area contributed by atoms with Crippen LogP contribution in [-0.2, 0) is 14.8 Å². The molecule has 0 aromatic heterocycles. The van der Waals surface area contributed by atoms with Gasteiger partial charge in [-0.3, -0.25) is 9.52 Å². The highest BCUT2D eigenvalue weighted by Crippen LogP contribution is 2.23. The van der Waals surface area contributed by atoms with Gasteiger partial charge >= 0.3 is 0 Å². The van der Waals surface area contributed by atoms with Crippen molar-refractivity contribution in [3.8, 4) is 5.75 Å². The van der Waals surface area contributed by atoms with Crippen molar-refractivity contribution in [3.63, 3.8) is 0 Å². The number of nitrogens with one attached hydrogen (secondary N) is 2. The monoisotopic (exact) mass is 394 g/mol. The summed E-state index contributed by atoms with van der Waals surface area (Å²) >= 11 is 0. The van der Waals surface area contributed by atoms with Crippen LogP contribution in [0.4, 0.5) is 10.1 Å². The van der Waals surface area contributed by atoms with E-state index in [0.29, 0.717) is 11.3 Å². The minimum Gasteiger partial charge on any atom is -0.484 e. The van der Waals surface area contributed by atoms with Gasteiger partial charge in [0.15, 0.2) is 6.61 Å². The van der Waals surface area contributed by atoms with Crippen molar-refractivity contribution in [2.75, 3.05) is 11.3 Å². The summed E-state index contributed by atoms with van der Waals surface area (Å²) in [5, 5.41) is 2.79. The van der Waals surface area contributed by atoms with Gasteiger partial charge < -0.3 is 10.1 Å². The molecular formula is C19H23FN2O4S. The molecule has 0 unspecified atom stereocenters. The molecule has 0 aliphatic heterocycles. The minimum atomic E-state index is -3.82. The lowest BCUT2D eigenvalue weighted by atomic mass is 10.2. The van der Waals surface area contributed by atoms with Gasteiger partial charge in [-0.15, -0.1) is 0 Å². The number of rotatable bonds is 8. The Bertz CT molecular complexity index is 898. The van der Waals surface area contributed by atoms with Crippen molar-refractivity contribution in [2.24, 2.45) is 0 Å². The number of benzene rings is 2. The molecule has 0 spiro atoms. The number of hydrogen-bond donors (Lipinski definition) is 2. The van der Waals surface area contributed by atoms with Gasteiger partial charge in [0.2, 0.25) is 0 Å². The summed E-state index contributed by atoms with van der Waals surface area (Å²) in [5.41, 5.74) is 0.837. The van der Waals surface area contributed by atoms with E-state index in [9.17, 15) is 17.6 Å². The summed E-state index contributed by atoms with van der Waals surface area (Å²) in [4.78, 5) is 11.8. The average molecular weight is 394 g/mol. The Hall–Kier alpha value is -2.61. The standard InChI is InChI=1S/C19H23FN2O4S/c1-4-14(3)21-19(23)12-26-18-10-9-17(11-13(18)2)27(24,25)22-16-7-5-15(20)6-8-16/h5-11,14,22H,4,12H2,1-3H3,(H,21,23)/t14-/m1/s1. The lowest BCUT2D eigenvalue weighted by molar-refractivity contribution is -0.123. The molecular weight excluding hydrogens is 371 g/mol. The van der Waals surface area contributed by atoms with Crippen LogP contribution < -0.4 is 14.8 Å². The maximum Gasteiger partial charge on any atom is 0.261 e. The van der Waals surface area contributed by atoms with Crippen LogP contribution in [0, 0.1) is 12.7 Å². The summed E-state index contributed by atoms with van der Waals surface area (Å²) in [7, 11) is -3.82. The van der Waals surface area contributed by atoms with Crippen molar-refractivity contribution in [3.05, 3.63) is 53.8 Å². The highest BCUT2D eigenvalue weighted by atomic mass is 32.2. The van der Waals surface area contributed by atoms with Gasteiger partial charge in [0, 0.05) is 11.7 Å². The topological polar surface area (TPSA) is 84.5 Å². The molecule has 0 bridgehead atoms.